The standard InChI is InChI=1S/C25H25N5O3S/c31-21-8-3-16-11-15(1-2-17(16)12-21)14-27-18-4-6-19(7-5-18)28-24-26-10-9-20(29-24)13-22-23(32)30-25(33)34-22/h1-3,8-13,18-19,27,31H,4-7,14H2,(H,26,28,29)(H,30,32,33)/t18-,19-. The number of thioether (sulfide) groups is 1. The Hall–Kier alpha value is -3.43. The third-order valence-corrected chi connectivity index (χ3v) is 6.95. The summed E-state index contributed by atoms with van der Waals surface area (Å²) < 4.78 is 0. The van der Waals surface area contributed by atoms with E-state index in [-0.39, 0.29) is 11.0 Å². The highest BCUT2D eigenvalue weighted by Crippen LogP contribution is 2.26. The van der Waals surface area contributed by atoms with Gasteiger partial charge < -0.3 is 15.7 Å². The Labute approximate surface area is 201 Å². The van der Waals surface area contributed by atoms with Gasteiger partial charge in [-0.2, -0.15) is 0 Å². The third kappa shape index (κ3) is 5.37. The van der Waals surface area contributed by atoms with E-state index in [4.69, 9.17) is 0 Å². The molecular formula is C25H25N5O3S. The lowest BCUT2D eigenvalue weighted by Crippen LogP contribution is -2.36. The van der Waals surface area contributed by atoms with Gasteiger partial charge in [0.25, 0.3) is 11.1 Å². The fourth-order valence-electron chi connectivity index (χ4n) is 4.36. The fourth-order valence-corrected chi connectivity index (χ4v) is 5.02. The SMILES string of the molecule is O=C1NC(=O)C(=Cc2ccnc(N[C@H]3CC[C@H](NCc4ccc5cc(O)ccc5c4)CC3)n2)S1. The van der Waals surface area contributed by atoms with Crippen molar-refractivity contribution in [3.8, 4) is 5.75 Å². The maximum Gasteiger partial charge on any atom is 0.290 e. The van der Waals surface area contributed by atoms with E-state index in [2.05, 4.69) is 38.1 Å². The molecule has 0 radical (unpaired) electrons. The van der Waals surface area contributed by atoms with Crippen molar-refractivity contribution in [2.45, 2.75) is 44.3 Å². The molecule has 0 bridgehead atoms. The summed E-state index contributed by atoms with van der Waals surface area (Å²) >= 11 is 0.878. The molecule has 5 rings (SSSR count). The summed E-state index contributed by atoms with van der Waals surface area (Å²) in [6, 6.07) is 14.2. The number of hydrogen-bond acceptors (Lipinski definition) is 8. The van der Waals surface area contributed by atoms with Crippen LogP contribution in [0.1, 0.15) is 36.9 Å². The fraction of sp³-hybridized carbons (Fsp3) is 0.280. The van der Waals surface area contributed by atoms with Crippen molar-refractivity contribution in [1.29, 1.82) is 0 Å². The molecule has 1 saturated heterocycles. The number of phenolic OH excluding ortho intramolecular Hbond substituents is 1. The van der Waals surface area contributed by atoms with Crippen LogP contribution in [-0.4, -0.2) is 38.3 Å². The van der Waals surface area contributed by atoms with Crippen molar-refractivity contribution in [2.24, 2.45) is 0 Å². The molecule has 2 heterocycles. The first-order valence-electron chi connectivity index (χ1n) is 11.3. The number of anilines is 1. The molecule has 4 N–H and O–H groups in total. The average Bonchev–Trinajstić information content (AvgIpc) is 3.15. The van der Waals surface area contributed by atoms with Crippen molar-refractivity contribution in [3.05, 3.63) is 64.8 Å². The molecular weight excluding hydrogens is 450 g/mol. The predicted molar refractivity (Wildman–Crippen MR) is 133 cm³/mol. The van der Waals surface area contributed by atoms with Crippen LogP contribution in [0.25, 0.3) is 16.8 Å². The Morgan fingerprint density at radius 1 is 1.03 bits per heavy atom. The first-order valence-corrected chi connectivity index (χ1v) is 12.1. The molecule has 8 nitrogen and oxygen atoms in total. The van der Waals surface area contributed by atoms with Gasteiger partial charge in [-0.25, -0.2) is 9.97 Å². The third-order valence-electron chi connectivity index (χ3n) is 6.14. The molecule has 1 aliphatic heterocycles. The van der Waals surface area contributed by atoms with Crippen LogP contribution in [0.3, 0.4) is 0 Å². The van der Waals surface area contributed by atoms with Gasteiger partial charge in [-0.3, -0.25) is 14.9 Å². The van der Waals surface area contributed by atoms with Crippen LogP contribution in [0.5, 0.6) is 5.75 Å². The van der Waals surface area contributed by atoms with E-state index >= 15 is 0 Å². The second-order valence-electron chi connectivity index (χ2n) is 8.60. The molecule has 2 fully saturated rings. The van der Waals surface area contributed by atoms with E-state index in [1.807, 2.05) is 12.1 Å². The number of benzene rings is 2. The number of fused-ring (bicyclic) bond motifs is 1. The largest absolute Gasteiger partial charge is 0.508 e. The van der Waals surface area contributed by atoms with Crippen LogP contribution in [0.4, 0.5) is 10.7 Å². The molecule has 9 heteroatoms. The van der Waals surface area contributed by atoms with Crippen molar-refractivity contribution < 1.29 is 14.7 Å². The molecule has 2 aromatic carbocycles. The molecule has 1 saturated carbocycles. The number of amides is 2. The lowest BCUT2D eigenvalue weighted by molar-refractivity contribution is -0.115. The number of hydrogen-bond donors (Lipinski definition) is 4. The summed E-state index contributed by atoms with van der Waals surface area (Å²) in [5.41, 5.74) is 1.82. The minimum absolute atomic E-state index is 0.287. The minimum Gasteiger partial charge on any atom is -0.508 e. The van der Waals surface area contributed by atoms with E-state index < -0.39 is 5.91 Å². The second-order valence-corrected chi connectivity index (χ2v) is 9.61. The highest BCUT2D eigenvalue weighted by molar-refractivity contribution is 8.18. The number of aromatic hydroxyl groups is 1. The maximum atomic E-state index is 11.7. The molecule has 174 valence electrons. The molecule has 1 aliphatic carbocycles. The molecule has 3 aromatic rings. The van der Waals surface area contributed by atoms with Crippen LogP contribution in [-0.2, 0) is 11.3 Å². The van der Waals surface area contributed by atoms with Crippen LogP contribution in [0.2, 0.25) is 0 Å². The Balaban J connectivity index is 1.12. The molecule has 2 aliphatic rings. The van der Waals surface area contributed by atoms with E-state index in [1.54, 1.807) is 30.5 Å². The Morgan fingerprint density at radius 3 is 2.59 bits per heavy atom. The monoisotopic (exact) mass is 475 g/mol. The molecule has 1 aromatic heterocycles. The zero-order valence-electron chi connectivity index (χ0n) is 18.5. The molecule has 2 amide bonds. The van der Waals surface area contributed by atoms with Crippen LogP contribution in [0, 0.1) is 0 Å². The Morgan fingerprint density at radius 2 is 1.79 bits per heavy atom. The van der Waals surface area contributed by atoms with E-state index in [9.17, 15) is 14.7 Å². The van der Waals surface area contributed by atoms with Gasteiger partial charge in [0.2, 0.25) is 5.95 Å². The summed E-state index contributed by atoms with van der Waals surface area (Å²) in [5, 5.41) is 20.7. The molecule has 0 unspecified atom stereocenters. The van der Waals surface area contributed by atoms with Gasteiger partial charge in [-0.1, -0.05) is 18.2 Å². The van der Waals surface area contributed by atoms with Gasteiger partial charge in [0.05, 0.1) is 10.6 Å². The number of imide groups is 1. The first-order chi connectivity index (χ1) is 16.5. The average molecular weight is 476 g/mol. The smallest absolute Gasteiger partial charge is 0.290 e. The topological polar surface area (TPSA) is 116 Å². The summed E-state index contributed by atoms with van der Waals surface area (Å²) in [5.74, 6) is 0.425. The van der Waals surface area contributed by atoms with Crippen LogP contribution >= 0.6 is 11.8 Å². The highest BCUT2D eigenvalue weighted by atomic mass is 32.2. The number of rotatable bonds is 6. The normalized spacial score (nSPS) is 21.7. The Bertz CT molecular complexity index is 1270. The van der Waals surface area contributed by atoms with E-state index in [1.165, 1.54) is 5.56 Å². The first kappa shape index (κ1) is 22.4. The zero-order valence-corrected chi connectivity index (χ0v) is 19.3. The number of nitrogens with zero attached hydrogens (tertiary/aromatic N) is 2. The van der Waals surface area contributed by atoms with Crippen molar-refractivity contribution in [1.82, 2.24) is 20.6 Å². The van der Waals surface area contributed by atoms with Crippen molar-refractivity contribution in [2.75, 3.05) is 5.32 Å². The van der Waals surface area contributed by atoms with Gasteiger partial charge in [0.15, 0.2) is 0 Å². The molecule has 0 spiro atoms. The van der Waals surface area contributed by atoms with Gasteiger partial charge in [-0.15, -0.1) is 0 Å². The van der Waals surface area contributed by atoms with Gasteiger partial charge in [0.1, 0.15) is 5.75 Å². The van der Waals surface area contributed by atoms with E-state index in [0.29, 0.717) is 28.6 Å². The van der Waals surface area contributed by atoms with Gasteiger partial charge in [0, 0.05) is 24.8 Å². The van der Waals surface area contributed by atoms with Crippen molar-refractivity contribution in [3.63, 3.8) is 0 Å². The minimum atomic E-state index is -0.392. The lowest BCUT2D eigenvalue weighted by Gasteiger charge is -2.30. The molecule has 0 atom stereocenters. The number of phenols is 1. The maximum absolute atomic E-state index is 11.7. The zero-order chi connectivity index (χ0) is 23.5. The number of carbonyl (C=O) groups excluding carboxylic acids is 2. The quantitative estimate of drug-likeness (QED) is 0.393. The lowest BCUT2D eigenvalue weighted by atomic mass is 9.91. The van der Waals surface area contributed by atoms with E-state index in [0.717, 1.165) is 54.8 Å². The number of nitrogens with one attached hydrogen (secondary N) is 3. The predicted octanol–water partition coefficient (Wildman–Crippen LogP) is 4.17. The van der Waals surface area contributed by atoms with Crippen LogP contribution in [0.15, 0.2) is 53.6 Å². The Kier molecular flexibility index (Phi) is 6.46. The summed E-state index contributed by atoms with van der Waals surface area (Å²) in [4.78, 5) is 32.2. The summed E-state index contributed by atoms with van der Waals surface area (Å²) in [7, 11) is 0. The van der Waals surface area contributed by atoms with Crippen LogP contribution < -0.4 is 16.0 Å². The number of aromatic nitrogens is 2. The number of carbonyl (C=O) groups is 2. The van der Waals surface area contributed by atoms with Crippen molar-refractivity contribution >= 4 is 45.7 Å². The highest BCUT2D eigenvalue weighted by Gasteiger charge is 2.25. The summed E-state index contributed by atoms with van der Waals surface area (Å²) in [6.45, 7) is 0.813. The van der Waals surface area contributed by atoms with Gasteiger partial charge >= 0.3 is 0 Å². The second kappa shape index (κ2) is 9.82. The van der Waals surface area contributed by atoms with Gasteiger partial charge in [-0.05, 0) is 84.1 Å². The molecule has 34 heavy (non-hydrogen) atoms. The summed E-state index contributed by atoms with van der Waals surface area (Å²) in [6.07, 6.45) is 7.39.